The predicted octanol–water partition coefficient (Wildman–Crippen LogP) is 4.80. The number of hydrogen-bond acceptors (Lipinski definition) is 4. The second-order valence-corrected chi connectivity index (χ2v) is 7.97. The van der Waals surface area contributed by atoms with Gasteiger partial charge in [-0.25, -0.2) is 0 Å². The van der Waals surface area contributed by atoms with Crippen LogP contribution in [0.3, 0.4) is 0 Å². The third-order valence-corrected chi connectivity index (χ3v) is 5.19. The van der Waals surface area contributed by atoms with Crippen LogP contribution in [0, 0.1) is 5.92 Å². The van der Waals surface area contributed by atoms with Crippen LogP contribution in [-0.4, -0.2) is 25.7 Å². The maximum atomic E-state index is 12.5. The van der Waals surface area contributed by atoms with Gasteiger partial charge in [-0.1, -0.05) is 37.6 Å². The Balaban J connectivity index is 1.64. The van der Waals surface area contributed by atoms with Crippen molar-refractivity contribution in [1.82, 2.24) is 5.32 Å². The van der Waals surface area contributed by atoms with Crippen molar-refractivity contribution in [3.05, 3.63) is 51.5 Å². The van der Waals surface area contributed by atoms with Crippen molar-refractivity contribution >= 4 is 39.1 Å². The van der Waals surface area contributed by atoms with E-state index in [1.54, 1.807) is 6.07 Å². The molecule has 0 saturated carbocycles. The number of halogens is 2. The van der Waals surface area contributed by atoms with E-state index in [9.17, 15) is 4.79 Å². The van der Waals surface area contributed by atoms with Gasteiger partial charge in [-0.3, -0.25) is 4.79 Å². The molecule has 0 radical (unpaired) electrons. The zero-order valence-electron chi connectivity index (χ0n) is 15.2. The number of rotatable bonds is 6. The molecule has 0 saturated heterocycles. The molecule has 2 N–H and O–H groups in total. The van der Waals surface area contributed by atoms with E-state index in [-0.39, 0.29) is 18.5 Å². The van der Waals surface area contributed by atoms with Gasteiger partial charge in [-0.15, -0.1) is 0 Å². The van der Waals surface area contributed by atoms with Crippen molar-refractivity contribution in [1.29, 1.82) is 0 Å². The van der Waals surface area contributed by atoms with Gasteiger partial charge < -0.3 is 20.1 Å². The highest BCUT2D eigenvalue weighted by Crippen LogP contribution is 2.38. The van der Waals surface area contributed by atoms with Crippen LogP contribution in [0.5, 0.6) is 11.5 Å². The summed E-state index contributed by atoms with van der Waals surface area (Å²) in [5.74, 6) is 1.49. The standard InChI is InChI=1S/C20H22BrClN2O3/c1-12(2)20(13-3-5-14(22)6-4-13)23-11-19(25)24-16-10-18-17(9-15(16)21)26-7-8-27-18/h3-6,9-10,12,20,23H,7-8,11H2,1-2H3,(H,24,25)/t20-/m1/s1. The number of amides is 1. The molecule has 2 aromatic carbocycles. The monoisotopic (exact) mass is 452 g/mol. The zero-order chi connectivity index (χ0) is 19.4. The highest BCUT2D eigenvalue weighted by molar-refractivity contribution is 9.10. The molecule has 5 nitrogen and oxygen atoms in total. The van der Waals surface area contributed by atoms with E-state index in [0.717, 1.165) is 10.0 Å². The maximum Gasteiger partial charge on any atom is 0.238 e. The molecule has 144 valence electrons. The van der Waals surface area contributed by atoms with Gasteiger partial charge in [0.15, 0.2) is 11.5 Å². The average molecular weight is 454 g/mol. The van der Waals surface area contributed by atoms with E-state index in [1.807, 2.05) is 30.3 Å². The first kappa shape index (κ1) is 20.0. The van der Waals surface area contributed by atoms with Crippen LogP contribution in [0.2, 0.25) is 5.02 Å². The van der Waals surface area contributed by atoms with Crippen molar-refractivity contribution in [3.8, 4) is 11.5 Å². The van der Waals surface area contributed by atoms with Gasteiger partial charge in [0.1, 0.15) is 13.2 Å². The lowest BCUT2D eigenvalue weighted by Crippen LogP contribution is -2.33. The molecule has 1 atom stereocenters. The number of fused-ring (bicyclic) bond motifs is 1. The Morgan fingerprint density at radius 2 is 1.78 bits per heavy atom. The van der Waals surface area contributed by atoms with Gasteiger partial charge in [-0.2, -0.15) is 0 Å². The fourth-order valence-electron chi connectivity index (χ4n) is 2.97. The number of carbonyl (C=O) groups excluding carboxylic acids is 1. The van der Waals surface area contributed by atoms with Crippen LogP contribution in [0.25, 0.3) is 0 Å². The first-order valence-corrected chi connectivity index (χ1v) is 9.99. The van der Waals surface area contributed by atoms with Crippen LogP contribution >= 0.6 is 27.5 Å². The van der Waals surface area contributed by atoms with Crippen molar-refractivity contribution in [2.45, 2.75) is 19.9 Å². The summed E-state index contributed by atoms with van der Waals surface area (Å²) in [6.45, 7) is 5.44. The van der Waals surface area contributed by atoms with Crippen LogP contribution in [0.15, 0.2) is 40.9 Å². The van der Waals surface area contributed by atoms with Crippen molar-refractivity contribution < 1.29 is 14.3 Å². The number of ether oxygens (including phenoxy) is 2. The number of carbonyl (C=O) groups is 1. The SMILES string of the molecule is CC(C)[C@@H](NCC(=O)Nc1cc2c(cc1Br)OCCO2)c1ccc(Cl)cc1. The Hall–Kier alpha value is -1.76. The van der Waals surface area contributed by atoms with Crippen LogP contribution < -0.4 is 20.1 Å². The Kier molecular flexibility index (Phi) is 6.63. The van der Waals surface area contributed by atoms with E-state index < -0.39 is 0 Å². The van der Waals surface area contributed by atoms with Gasteiger partial charge in [0.2, 0.25) is 5.91 Å². The first-order valence-electron chi connectivity index (χ1n) is 8.82. The summed E-state index contributed by atoms with van der Waals surface area (Å²) in [5.41, 5.74) is 1.75. The van der Waals surface area contributed by atoms with E-state index in [4.69, 9.17) is 21.1 Å². The molecule has 1 aliphatic heterocycles. The van der Waals surface area contributed by atoms with Crippen molar-refractivity contribution in [2.24, 2.45) is 5.92 Å². The molecule has 0 aliphatic carbocycles. The van der Waals surface area contributed by atoms with Crippen molar-refractivity contribution in [2.75, 3.05) is 25.1 Å². The number of benzene rings is 2. The van der Waals surface area contributed by atoms with E-state index >= 15 is 0 Å². The lowest BCUT2D eigenvalue weighted by atomic mass is 9.96. The predicted molar refractivity (Wildman–Crippen MR) is 111 cm³/mol. The molecule has 1 amide bonds. The third-order valence-electron chi connectivity index (χ3n) is 4.28. The van der Waals surface area contributed by atoms with E-state index in [1.165, 1.54) is 0 Å². The third kappa shape index (κ3) is 5.15. The van der Waals surface area contributed by atoms with Crippen LogP contribution in [0.1, 0.15) is 25.5 Å². The lowest BCUT2D eigenvalue weighted by molar-refractivity contribution is -0.115. The molecular formula is C20H22BrClN2O3. The molecule has 0 aromatic heterocycles. The van der Waals surface area contributed by atoms with Gasteiger partial charge in [0.05, 0.1) is 12.2 Å². The normalized spacial score (nSPS) is 14.1. The highest BCUT2D eigenvalue weighted by atomic mass is 79.9. The summed E-state index contributed by atoms with van der Waals surface area (Å²) in [6, 6.07) is 11.3. The average Bonchev–Trinajstić information content (AvgIpc) is 2.63. The first-order chi connectivity index (χ1) is 12.9. The molecule has 0 unspecified atom stereocenters. The van der Waals surface area contributed by atoms with Gasteiger partial charge in [0.25, 0.3) is 0 Å². The quantitative estimate of drug-likeness (QED) is 0.660. The molecule has 1 heterocycles. The summed E-state index contributed by atoms with van der Waals surface area (Å²) in [4.78, 5) is 12.5. The van der Waals surface area contributed by atoms with Crippen LogP contribution in [0.4, 0.5) is 5.69 Å². The molecule has 7 heteroatoms. The Morgan fingerprint density at radius 1 is 1.15 bits per heavy atom. The molecule has 0 bridgehead atoms. The number of hydrogen-bond donors (Lipinski definition) is 2. The van der Waals surface area contributed by atoms with Crippen molar-refractivity contribution in [3.63, 3.8) is 0 Å². The highest BCUT2D eigenvalue weighted by Gasteiger charge is 2.19. The summed E-state index contributed by atoms with van der Waals surface area (Å²) >= 11 is 9.44. The largest absolute Gasteiger partial charge is 0.486 e. The number of nitrogens with one attached hydrogen (secondary N) is 2. The molecule has 1 aliphatic rings. The summed E-state index contributed by atoms with van der Waals surface area (Å²) in [6.07, 6.45) is 0. The fraction of sp³-hybridized carbons (Fsp3) is 0.350. The van der Waals surface area contributed by atoms with E-state index in [0.29, 0.717) is 41.3 Å². The molecular weight excluding hydrogens is 432 g/mol. The van der Waals surface area contributed by atoms with Gasteiger partial charge in [-0.05, 0) is 39.5 Å². The minimum Gasteiger partial charge on any atom is -0.486 e. The lowest BCUT2D eigenvalue weighted by Gasteiger charge is -2.23. The number of anilines is 1. The smallest absolute Gasteiger partial charge is 0.238 e. The van der Waals surface area contributed by atoms with E-state index in [2.05, 4.69) is 40.4 Å². The maximum absolute atomic E-state index is 12.5. The second kappa shape index (κ2) is 8.95. The summed E-state index contributed by atoms with van der Waals surface area (Å²) < 4.78 is 11.9. The summed E-state index contributed by atoms with van der Waals surface area (Å²) in [7, 11) is 0. The minimum atomic E-state index is -0.132. The van der Waals surface area contributed by atoms with Gasteiger partial charge >= 0.3 is 0 Å². The Morgan fingerprint density at radius 3 is 2.41 bits per heavy atom. The fourth-order valence-corrected chi connectivity index (χ4v) is 3.51. The molecule has 2 aromatic rings. The second-order valence-electron chi connectivity index (χ2n) is 6.68. The Labute approximate surface area is 172 Å². The Bertz CT molecular complexity index is 812. The topological polar surface area (TPSA) is 59.6 Å². The minimum absolute atomic E-state index is 0.0525. The summed E-state index contributed by atoms with van der Waals surface area (Å²) in [5, 5.41) is 6.94. The molecule has 0 spiro atoms. The van der Waals surface area contributed by atoms with Gasteiger partial charge in [0, 0.05) is 27.7 Å². The molecule has 27 heavy (non-hydrogen) atoms. The molecule has 3 rings (SSSR count). The molecule has 0 fully saturated rings. The van der Waals surface area contributed by atoms with Crippen LogP contribution in [-0.2, 0) is 4.79 Å². The zero-order valence-corrected chi connectivity index (χ0v) is 17.6.